The summed E-state index contributed by atoms with van der Waals surface area (Å²) in [7, 11) is 2.02. The van der Waals surface area contributed by atoms with Crippen LogP contribution in [0, 0.1) is 23.2 Å². The molecule has 5 aliphatic rings. The smallest absolute Gasteiger partial charge is 0.224 e. The van der Waals surface area contributed by atoms with Crippen molar-refractivity contribution in [2.24, 2.45) is 28.9 Å². The monoisotopic (exact) mass is 290 g/mol. The molecule has 21 heavy (non-hydrogen) atoms. The van der Waals surface area contributed by atoms with Crippen LogP contribution in [-0.2, 0) is 4.79 Å². The van der Waals surface area contributed by atoms with Gasteiger partial charge in [0.1, 0.15) is 0 Å². The summed E-state index contributed by atoms with van der Waals surface area (Å²) in [6.45, 7) is 0.991. The van der Waals surface area contributed by atoms with Gasteiger partial charge in [-0.25, -0.2) is 0 Å². The molecule has 5 rings (SSSR count). The Balaban J connectivity index is 1.39. The maximum atomic E-state index is 12.5. The third-order valence-corrected chi connectivity index (χ3v) is 7.02. The third kappa shape index (κ3) is 2.52. The van der Waals surface area contributed by atoms with Crippen molar-refractivity contribution in [2.75, 3.05) is 13.6 Å². The van der Waals surface area contributed by atoms with Crippen LogP contribution in [0.2, 0.25) is 0 Å². The lowest BCUT2D eigenvalue weighted by Crippen LogP contribution is -2.54. The molecule has 4 bridgehead atoms. The van der Waals surface area contributed by atoms with Crippen LogP contribution in [0.25, 0.3) is 0 Å². The Morgan fingerprint density at radius 1 is 1.10 bits per heavy atom. The molecule has 2 N–H and O–H groups in total. The number of nitrogens with zero attached hydrogens (tertiary/aromatic N) is 1. The SMILES string of the molecule is CN(CC12CC3CC(CC(C3)C1)C2)C(=O)CC1(N)CCC1. The zero-order valence-corrected chi connectivity index (χ0v) is 13.4. The summed E-state index contributed by atoms with van der Waals surface area (Å²) in [4.78, 5) is 14.5. The van der Waals surface area contributed by atoms with Crippen LogP contribution in [-0.4, -0.2) is 29.9 Å². The molecule has 1 amide bonds. The van der Waals surface area contributed by atoms with E-state index in [0.717, 1.165) is 37.1 Å². The second kappa shape index (κ2) is 4.71. The van der Waals surface area contributed by atoms with Crippen LogP contribution in [0.1, 0.15) is 64.2 Å². The van der Waals surface area contributed by atoms with Gasteiger partial charge in [-0.2, -0.15) is 0 Å². The molecule has 5 aliphatic carbocycles. The number of hydrogen-bond acceptors (Lipinski definition) is 2. The first-order valence-electron chi connectivity index (χ1n) is 8.98. The molecule has 0 aliphatic heterocycles. The van der Waals surface area contributed by atoms with Gasteiger partial charge in [-0.3, -0.25) is 4.79 Å². The Morgan fingerprint density at radius 3 is 2.05 bits per heavy atom. The van der Waals surface area contributed by atoms with Crippen molar-refractivity contribution >= 4 is 5.91 Å². The molecule has 0 aromatic carbocycles. The van der Waals surface area contributed by atoms with Gasteiger partial charge in [0.05, 0.1) is 0 Å². The Bertz CT molecular complexity index is 405. The molecule has 5 saturated carbocycles. The maximum absolute atomic E-state index is 12.5. The molecule has 0 heterocycles. The molecular weight excluding hydrogens is 260 g/mol. The zero-order valence-electron chi connectivity index (χ0n) is 13.4. The minimum Gasteiger partial charge on any atom is -0.345 e. The molecule has 3 heteroatoms. The highest BCUT2D eigenvalue weighted by atomic mass is 16.2. The van der Waals surface area contributed by atoms with Gasteiger partial charge in [-0.05, 0) is 81.0 Å². The van der Waals surface area contributed by atoms with E-state index < -0.39 is 0 Å². The fourth-order valence-corrected chi connectivity index (χ4v) is 6.32. The molecule has 118 valence electrons. The van der Waals surface area contributed by atoms with Crippen molar-refractivity contribution in [3.8, 4) is 0 Å². The van der Waals surface area contributed by atoms with Gasteiger partial charge >= 0.3 is 0 Å². The third-order valence-electron chi connectivity index (χ3n) is 7.02. The van der Waals surface area contributed by atoms with E-state index in [1.807, 2.05) is 11.9 Å². The minimum atomic E-state index is -0.174. The summed E-state index contributed by atoms with van der Waals surface area (Å²) in [5.41, 5.74) is 6.54. The van der Waals surface area contributed by atoms with E-state index in [2.05, 4.69) is 0 Å². The van der Waals surface area contributed by atoms with Crippen molar-refractivity contribution in [1.29, 1.82) is 0 Å². The first-order chi connectivity index (χ1) is 9.95. The van der Waals surface area contributed by atoms with E-state index in [4.69, 9.17) is 5.73 Å². The van der Waals surface area contributed by atoms with Crippen molar-refractivity contribution < 1.29 is 4.79 Å². The van der Waals surface area contributed by atoms with Crippen molar-refractivity contribution in [2.45, 2.75) is 69.7 Å². The number of rotatable bonds is 4. The topological polar surface area (TPSA) is 46.3 Å². The molecule has 5 fully saturated rings. The summed E-state index contributed by atoms with van der Waals surface area (Å²) in [5.74, 6) is 3.18. The van der Waals surface area contributed by atoms with E-state index in [1.54, 1.807) is 0 Å². The van der Waals surface area contributed by atoms with E-state index >= 15 is 0 Å². The standard InChI is InChI=1S/C18H30N2O/c1-20(16(21)11-18(19)3-2-4-18)12-17-8-13-5-14(9-17)7-15(6-13)10-17/h13-15H,2-12,19H2,1H3. The van der Waals surface area contributed by atoms with Gasteiger partial charge < -0.3 is 10.6 Å². The van der Waals surface area contributed by atoms with Crippen molar-refractivity contribution in [3.05, 3.63) is 0 Å². The van der Waals surface area contributed by atoms with E-state index in [9.17, 15) is 4.79 Å². The number of nitrogens with two attached hydrogens (primary N) is 1. The van der Waals surface area contributed by atoms with Gasteiger partial charge in [-0.1, -0.05) is 0 Å². The van der Waals surface area contributed by atoms with E-state index in [-0.39, 0.29) is 11.4 Å². The highest BCUT2D eigenvalue weighted by Crippen LogP contribution is 2.60. The quantitative estimate of drug-likeness (QED) is 0.865. The molecule has 0 spiro atoms. The molecule has 0 saturated heterocycles. The molecule has 0 atom stereocenters. The molecule has 0 unspecified atom stereocenters. The fourth-order valence-electron chi connectivity index (χ4n) is 6.32. The summed E-state index contributed by atoms with van der Waals surface area (Å²) < 4.78 is 0. The lowest BCUT2D eigenvalue weighted by atomic mass is 9.49. The van der Waals surface area contributed by atoms with Crippen LogP contribution in [0.15, 0.2) is 0 Å². The Kier molecular flexibility index (Phi) is 3.15. The lowest BCUT2D eigenvalue weighted by molar-refractivity contribution is -0.137. The number of carbonyl (C=O) groups is 1. The summed E-state index contributed by atoms with van der Waals surface area (Å²) in [5, 5.41) is 0. The van der Waals surface area contributed by atoms with Gasteiger partial charge in [0, 0.05) is 25.6 Å². The predicted molar refractivity (Wildman–Crippen MR) is 83.6 cm³/mol. The van der Waals surface area contributed by atoms with Crippen LogP contribution < -0.4 is 5.73 Å². The number of hydrogen-bond donors (Lipinski definition) is 1. The average Bonchev–Trinajstić information content (AvgIpc) is 2.34. The second-order valence-electron chi connectivity index (χ2n) is 9.06. The predicted octanol–water partition coefficient (Wildman–Crippen LogP) is 2.93. The number of carbonyl (C=O) groups excluding carboxylic acids is 1. The highest BCUT2D eigenvalue weighted by molar-refractivity contribution is 5.77. The van der Waals surface area contributed by atoms with Gasteiger partial charge in [0.25, 0.3) is 0 Å². The van der Waals surface area contributed by atoms with Gasteiger partial charge in [-0.15, -0.1) is 0 Å². The van der Waals surface area contributed by atoms with Gasteiger partial charge in [0.15, 0.2) is 0 Å². The van der Waals surface area contributed by atoms with Crippen LogP contribution in [0.5, 0.6) is 0 Å². The van der Waals surface area contributed by atoms with Crippen molar-refractivity contribution in [3.63, 3.8) is 0 Å². The normalized spacial score (nSPS) is 42.7. The first-order valence-corrected chi connectivity index (χ1v) is 8.98. The van der Waals surface area contributed by atoms with Gasteiger partial charge in [0.2, 0.25) is 5.91 Å². The van der Waals surface area contributed by atoms with Crippen LogP contribution >= 0.6 is 0 Å². The highest BCUT2D eigenvalue weighted by Gasteiger charge is 2.51. The summed E-state index contributed by atoms with van der Waals surface area (Å²) >= 11 is 0. The molecule has 0 radical (unpaired) electrons. The van der Waals surface area contributed by atoms with Crippen molar-refractivity contribution in [1.82, 2.24) is 4.90 Å². The summed E-state index contributed by atoms with van der Waals surface area (Å²) in [6, 6.07) is 0. The van der Waals surface area contributed by atoms with Crippen LogP contribution in [0.4, 0.5) is 0 Å². The lowest BCUT2D eigenvalue weighted by Gasteiger charge is -2.57. The Labute approximate surface area is 128 Å². The van der Waals surface area contributed by atoms with E-state index in [0.29, 0.717) is 11.8 Å². The van der Waals surface area contributed by atoms with E-state index in [1.165, 1.54) is 44.9 Å². The minimum absolute atomic E-state index is 0.174. The molecule has 0 aromatic rings. The number of amides is 1. The molecular formula is C18H30N2O. The Hall–Kier alpha value is -0.570. The second-order valence-corrected chi connectivity index (χ2v) is 9.06. The largest absolute Gasteiger partial charge is 0.345 e. The Morgan fingerprint density at radius 2 is 1.62 bits per heavy atom. The maximum Gasteiger partial charge on any atom is 0.224 e. The first kappa shape index (κ1) is 14.0. The summed E-state index contributed by atoms with van der Waals surface area (Å²) in [6.07, 6.45) is 12.4. The van der Waals surface area contributed by atoms with Crippen LogP contribution in [0.3, 0.4) is 0 Å². The zero-order chi connectivity index (χ0) is 14.7. The average molecular weight is 290 g/mol. The molecule has 0 aromatic heterocycles. The molecule has 3 nitrogen and oxygen atoms in total. The fraction of sp³-hybridized carbons (Fsp3) is 0.944.